The van der Waals surface area contributed by atoms with E-state index in [9.17, 15) is 4.79 Å². The van der Waals surface area contributed by atoms with Gasteiger partial charge in [0.2, 0.25) is 0 Å². The van der Waals surface area contributed by atoms with Gasteiger partial charge in [0.15, 0.2) is 0 Å². The maximum absolute atomic E-state index is 14.3. The van der Waals surface area contributed by atoms with Crippen molar-refractivity contribution in [3.05, 3.63) is 130 Å². The second-order valence-corrected chi connectivity index (χ2v) is 11.0. The number of rotatable bonds is 4. The van der Waals surface area contributed by atoms with E-state index >= 15 is 0 Å². The van der Waals surface area contributed by atoms with Gasteiger partial charge < -0.3 is 14.8 Å². The molecule has 202 valence electrons. The highest BCUT2D eigenvalue weighted by Gasteiger charge is 2.36. The van der Waals surface area contributed by atoms with E-state index in [2.05, 4.69) is 91.4 Å². The molecule has 2 aromatic heterocycles. The molecule has 2 amide bonds. The molecule has 0 saturated heterocycles. The van der Waals surface area contributed by atoms with E-state index in [-0.39, 0.29) is 12.1 Å². The van der Waals surface area contributed by atoms with Gasteiger partial charge in [0.05, 0.1) is 29.7 Å². The predicted molar refractivity (Wildman–Crippen MR) is 160 cm³/mol. The number of nitrogens with one attached hydrogen (secondary N) is 1. The van der Waals surface area contributed by atoms with Gasteiger partial charge in [-0.25, -0.2) is 9.48 Å². The van der Waals surface area contributed by atoms with Crippen molar-refractivity contribution in [3.8, 4) is 11.5 Å². The Morgan fingerprint density at radius 1 is 0.900 bits per heavy atom. The molecule has 0 bridgehead atoms. The van der Waals surface area contributed by atoms with Gasteiger partial charge in [-0.3, -0.25) is 0 Å². The zero-order valence-corrected chi connectivity index (χ0v) is 23.7. The van der Waals surface area contributed by atoms with Gasteiger partial charge in [-0.05, 0) is 79.3 Å². The van der Waals surface area contributed by atoms with Crippen LogP contribution in [0.25, 0.3) is 11.5 Å². The molecular formula is C34H35N5O. The number of aryl methyl sites for hydroxylation is 2. The number of anilines is 1. The standard InChI is InChI=1S/C34H35N5O/c1-22(2)26-16-18-27(19-17-26)32-31-15-10-20-37(31)33-29(25(5)36-39(33)28-12-7-6-8-13-28)21-38(32)34(40)35-30-14-9-11-23(3)24(30)4/h6-20,22,32H,21H2,1-5H3,(H,35,40). The van der Waals surface area contributed by atoms with Crippen molar-refractivity contribution in [2.75, 3.05) is 5.32 Å². The first-order valence-electron chi connectivity index (χ1n) is 13.9. The van der Waals surface area contributed by atoms with Crippen molar-refractivity contribution in [1.82, 2.24) is 19.2 Å². The summed E-state index contributed by atoms with van der Waals surface area (Å²) in [6, 6.07) is 28.6. The molecular weight excluding hydrogens is 494 g/mol. The number of amides is 2. The Morgan fingerprint density at radius 2 is 1.65 bits per heavy atom. The van der Waals surface area contributed by atoms with Gasteiger partial charge in [0, 0.05) is 17.4 Å². The van der Waals surface area contributed by atoms with E-state index in [4.69, 9.17) is 5.10 Å². The lowest BCUT2D eigenvalue weighted by atomic mass is 9.97. The number of carbonyl (C=O) groups is 1. The van der Waals surface area contributed by atoms with Crippen LogP contribution in [-0.2, 0) is 6.54 Å². The third kappa shape index (κ3) is 4.39. The van der Waals surface area contributed by atoms with Crippen LogP contribution >= 0.6 is 0 Å². The summed E-state index contributed by atoms with van der Waals surface area (Å²) in [5, 5.41) is 8.19. The quantitative estimate of drug-likeness (QED) is 0.258. The average molecular weight is 530 g/mol. The van der Waals surface area contributed by atoms with Gasteiger partial charge in [0.1, 0.15) is 5.82 Å². The molecule has 0 aliphatic carbocycles. The number of hydrogen-bond acceptors (Lipinski definition) is 2. The van der Waals surface area contributed by atoms with E-state index in [1.165, 1.54) is 5.56 Å². The number of urea groups is 1. The minimum atomic E-state index is -0.294. The number of fused-ring (bicyclic) bond motifs is 3. The van der Waals surface area contributed by atoms with E-state index < -0.39 is 0 Å². The van der Waals surface area contributed by atoms with E-state index in [0.717, 1.165) is 50.8 Å². The lowest BCUT2D eigenvalue weighted by Gasteiger charge is -2.31. The minimum absolute atomic E-state index is 0.140. The van der Waals surface area contributed by atoms with Gasteiger partial charge >= 0.3 is 6.03 Å². The molecule has 1 aliphatic rings. The average Bonchev–Trinajstić information content (AvgIpc) is 3.52. The normalized spacial score (nSPS) is 14.6. The molecule has 40 heavy (non-hydrogen) atoms. The molecule has 0 fully saturated rings. The number of aromatic nitrogens is 3. The Balaban J connectivity index is 1.53. The molecule has 1 N–H and O–H groups in total. The molecule has 0 radical (unpaired) electrons. The summed E-state index contributed by atoms with van der Waals surface area (Å²) in [7, 11) is 0. The highest BCUT2D eigenvalue weighted by molar-refractivity contribution is 5.91. The number of nitrogens with zero attached hydrogens (tertiary/aromatic N) is 4. The Kier molecular flexibility index (Phi) is 6.54. The number of para-hydroxylation sites is 1. The minimum Gasteiger partial charge on any atom is -0.308 e. The number of hydrogen-bond donors (Lipinski definition) is 1. The second-order valence-electron chi connectivity index (χ2n) is 11.0. The molecule has 1 unspecified atom stereocenters. The van der Waals surface area contributed by atoms with Crippen molar-refractivity contribution in [3.63, 3.8) is 0 Å². The monoisotopic (exact) mass is 529 g/mol. The van der Waals surface area contributed by atoms with Gasteiger partial charge in [-0.1, -0.05) is 68.4 Å². The van der Waals surface area contributed by atoms with Gasteiger partial charge in [-0.15, -0.1) is 0 Å². The zero-order valence-electron chi connectivity index (χ0n) is 23.7. The van der Waals surface area contributed by atoms with Crippen molar-refractivity contribution in [2.24, 2.45) is 0 Å². The zero-order chi connectivity index (χ0) is 28.0. The Morgan fingerprint density at radius 3 is 2.38 bits per heavy atom. The first-order chi connectivity index (χ1) is 19.3. The molecule has 5 aromatic rings. The predicted octanol–water partition coefficient (Wildman–Crippen LogP) is 7.85. The number of carbonyl (C=O) groups excluding carboxylic acids is 1. The summed E-state index contributed by atoms with van der Waals surface area (Å²) in [5.41, 5.74) is 9.32. The van der Waals surface area contributed by atoms with Gasteiger partial charge in [-0.2, -0.15) is 5.10 Å². The molecule has 0 spiro atoms. The van der Waals surface area contributed by atoms with Gasteiger partial charge in [0.25, 0.3) is 0 Å². The topological polar surface area (TPSA) is 55.1 Å². The Hall–Kier alpha value is -4.58. The summed E-state index contributed by atoms with van der Waals surface area (Å²) in [6.07, 6.45) is 2.08. The van der Waals surface area contributed by atoms with Crippen LogP contribution in [0.1, 0.15) is 65.0 Å². The van der Waals surface area contributed by atoms with Crippen LogP contribution in [-0.4, -0.2) is 25.3 Å². The fourth-order valence-electron chi connectivity index (χ4n) is 5.64. The molecule has 6 rings (SSSR count). The molecule has 1 atom stereocenters. The van der Waals surface area contributed by atoms with Crippen LogP contribution in [0.4, 0.5) is 10.5 Å². The lowest BCUT2D eigenvalue weighted by molar-refractivity contribution is 0.194. The summed E-state index contributed by atoms with van der Waals surface area (Å²) in [6.45, 7) is 11.0. The maximum Gasteiger partial charge on any atom is 0.322 e. The van der Waals surface area contributed by atoms with Crippen LogP contribution in [0.15, 0.2) is 91.1 Å². The summed E-state index contributed by atoms with van der Waals surface area (Å²) >= 11 is 0. The Labute approximate surface area is 235 Å². The van der Waals surface area contributed by atoms with Crippen LogP contribution in [0.3, 0.4) is 0 Å². The fraction of sp³-hybridized carbons (Fsp3) is 0.235. The molecule has 3 aromatic carbocycles. The van der Waals surface area contributed by atoms with E-state index in [1.54, 1.807) is 0 Å². The third-order valence-corrected chi connectivity index (χ3v) is 8.11. The van der Waals surface area contributed by atoms with Crippen molar-refractivity contribution in [1.29, 1.82) is 0 Å². The second kappa shape index (κ2) is 10.2. The van der Waals surface area contributed by atoms with E-state index in [1.807, 2.05) is 53.8 Å². The smallest absolute Gasteiger partial charge is 0.308 e. The Bertz CT molecular complexity index is 1680. The molecule has 3 heterocycles. The molecule has 6 heteroatoms. The molecule has 1 aliphatic heterocycles. The number of benzene rings is 3. The van der Waals surface area contributed by atoms with Crippen molar-refractivity contribution >= 4 is 11.7 Å². The first kappa shape index (κ1) is 25.7. The SMILES string of the molecule is Cc1cccc(NC(=O)N2Cc3c(C)nn(-c4ccccc4)c3-n3cccc3C2c2ccc(C(C)C)cc2)c1C. The third-order valence-electron chi connectivity index (χ3n) is 8.11. The van der Waals surface area contributed by atoms with Crippen LogP contribution in [0.2, 0.25) is 0 Å². The maximum atomic E-state index is 14.3. The summed E-state index contributed by atoms with van der Waals surface area (Å²) < 4.78 is 4.20. The van der Waals surface area contributed by atoms with Crippen molar-refractivity contribution < 1.29 is 4.79 Å². The molecule has 6 nitrogen and oxygen atoms in total. The largest absolute Gasteiger partial charge is 0.322 e. The highest BCUT2D eigenvalue weighted by atomic mass is 16.2. The summed E-state index contributed by atoms with van der Waals surface area (Å²) in [4.78, 5) is 16.2. The first-order valence-corrected chi connectivity index (χ1v) is 13.9. The van der Waals surface area contributed by atoms with Crippen molar-refractivity contribution in [2.45, 2.75) is 53.1 Å². The van der Waals surface area contributed by atoms with Crippen LogP contribution in [0.5, 0.6) is 0 Å². The molecule has 0 saturated carbocycles. The highest BCUT2D eigenvalue weighted by Crippen LogP contribution is 2.39. The fourth-order valence-corrected chi connectivity index (χ4v) is 5.64. The van der Waals surface area contributed by atoms with Crippen LogP contribution in [0, 0.1) is 20.8 Å². The summed E-state index contributed by atoms with van der Waals surface area (Å²) in [5.74, 6) is 1.40. The lowest BCUT2D eigenvalue weighted by Crippen LogP contribution is -2.38. The van der Waals surface area contributed by atoms with Crippen LogP contribution < -0.4 is 5.32 Å². The van der Waals surface area contributed by atoms with E-state index in [0.29, 0.717) is 12.5 Å².